The number of aliphatic hydroxyl groups is 1. The first-order valence-corrected chi connectivity index (χ1v) is 13.2. The number of hydrogen-bond donors (Lipinski definition) is 1. The summed E-state index contributed by atoms with van der Waals surface area (Å²) in [7, 11) is -2.56. The molecule has 1 heterocycles. The predicted octanol–water partition coefficient (Wildman–Crippen LogP) is 4.68. The molecule has 3 atom stereocenters. The number of aliphatic hydroxyl groups excluding tert-OH is 1. The fourth-order valence-corrected chi connectivity index (χ4v) is 9.43. The standard InChI is InChI=1S/C27H38O3Si/c1-7-21-20-24(28)27(5,6)25(30-21)18-19-29-31(26(2,3)4,22-14-10-8-11-15-22)23-16-12-9-13-17-23/h7-17,21,24-25,28H,1,18-20H2,2-6H3/t21-,24-,25-/m1/s1. The van der Waals surface area contributed by atoms with Gasteiger partial charge >= 0.3 is 0 Å². The first-order valence-electron chi connectivity index (χ1n) is 11.3. The summed E-state index contributed by atoms with van der Waals surface area (Å²) in [5.74, 6) is 0. The topological polar surface area (TPSA) is 38.7 Å². The van der Waals surface area contributed by atoms with Crippen molar-refractivity contribution in [1.29, 1.82) is 0 Å². The molecule has 3 nitrogen and oxygen atoms in total. The molecule has 0 aliphatic carbocycles. The van der Waals surface area contributed by atoms with E-state index in [4.69, 9.17) is 9.16 Å². The number of ether oxygens (including phenoxy) is 1. The van der Waals surface area contributed by atoms with E-state index in [1.807, 2.05) is 0 Å². The molecule has 31 heavy (non-hydrogen) atoms. The Labute approximate surface area is 189 Å². The summed E-state index contributed by atoms with van der Waals surface area (Å²) in [5.41, 5.74) is -0.325. The zero-order valence-electron chi connectivity index (χ0n) is 19.7. The zero-order valence-corrected chi connectivity index (χ0v) is 20.7. The highest BCUT2D eigenvalue weighted by molar-refractivity contribution is 6.99. The maximum atomic E-state index is 10.7. The highest BCUT2D eigenvalue weighted by Crippen LogP contribution is 2.40. The van der Waals surface area contributed by atoms with E-state index in [0.29, 0.717) is 13.0 Å². The van der Waals surface area contributed by atoms with Crippen molar-refractivity contribution in [2.45, 2.75) is 70.8 Å². The summed E-state index contributed by atoms with van der Waals surface area (Å²) >= 11 is 0. The van der Waals surface area contributed by atoms with Gasteiger partial charge in [0.05, 0.1) is 18.3 Å². The van der Waals surface area contributed by atoms with Crippen LogP contribution < -0.4 is 10.4 Å². The summed E-state index contributed by atoms with van der Waals surface area (Å²) in [6.45, 7) is 15.5. The SMILES string of the molecule is C=C[C@@H]1C[C@@H](O)C(C)(C)[C@@H](CCO[Si](c2ccccc2)(c2ccccc2)C(C)(C)C)O1. The van der Waals surface area contributed by atoms with E-state index < -0.39 is 14.4 Å². The van der Waals surface area contributed by atoms with E-state index in [1.165, 1.54) is 10.4 Å². The van der Waals surface area contributed by atoms with Crippen molar-refractivity contribution < 1.29 is 14.3 Å². The molecule has 1 saturated heterocycles. The Morgan fingerprint density at radius 1 is 1.06 bits per heavy atom. The van der Waals surface area contributed by atoms with E-state index in [-0.39, 0.29) is 22.7 Å². The van der Waals surface area contributed by atoms with Gasteiger partial charge in [-0.25, -0.2) is 0 Å². The fourth-order valence-electron chi connectivity index (χ4n) is 4.85. The third-order valence-corrected chi connectivity index (χ3v) is 11.9. The molecule has 4 heteroatoms. The molecule has 0 amide bonds. The van der Waals surface area contributed by atoms with Gasteiger partial charge in [-0.3, -0.25) is 0 Å². The predicted molar refractivity (Wildman–Crippen MR) is 131 cm³/mol. The molecular formula is C27H38O3Si. The summed E-state index contributed by atoms with van der Waals surface area (Å²) in [6, 6.07) is 21.4. The molecule has 168 valence electrons. The smallest absolute Gasteiger partial charge is 0.261 e. The Kier molecular flexibility index (Phi) is 7.27. The maximum Gasteiger partial charge on any atom is 0.261 e. The Morgan fingerprint density at radius 3 is 2.03 bits per heavy atom. The molecule has 2 aromatic carbocycles. The summed E-state index contributed by atoms with van der Waals surface area (Å²) in [6.07, 6.45) is 2.52. The Balaban J connectivity index is 1.92. The summed E-state index contributed by atoms with van der Waals surface area (Å²) in [4.78, 5) is 0. The monoisotopic (exact) mass is 438 g/mol. The molecular weight excluding hydrogens is 400 g/mol. The Bertz CT molecular complexity index is 802. The minimum atomic E-state index is -2.56. The van der Waals surface area contributed by atoms with Gasteiger partial charge in [-0.15, -0.1) is 6.58 Å². The van der Waals surface area contributed by atoms with Crippen molar-refractivity contribution >= 4 is 18.7 Å². The lowest BCUT2D eigenvalue weighted by Crippen LogP contribution is -2.66. The van der Waals surface area contributed by atoms with Gasteiger partial charge in [-0.2, -0.15) is 0 Å². The fraction of sp³-hybridized carbons (Fsp3) is 0.481. The van der Waals surface area contributed by atoms with Crippen molar-refractivity contribution in [3.05, 3.63) is 73.3 Å². The lowest BCUT2D eigenvalue weighted by molar-refractivity contribution is -0.163. The molecule has 1 fully saturated rings. The molecule has 3 rings (SSSR count). The van der Waals surface area contributed by atoms with Gasteiger partial charge in [0.1, 0.15) is 0 Å². The van der Waals surface area contributed by atoms with Crippen LogP contribution in [0.4, 0.5) is 0 Å². The quantitative estimate of drug-likeness (QED) is 0.504. The molecule has 1 aliphatic heterocycles. The maximum absolute atomic E-state index is 10.7. The van der Waals surface area contributed by atoms with Gasteiger partial charge < -0.3 is 14.3 Å². The molecule has 0 aromatic heterocycles. The second-order valence-corrected chi connectivity index (χ2v) is 14.6. The van der Waals surface area contributed by atoms with Gasteiger partial charge in [0, 0.05) is 18.4 Å². The molecule has 0 bridgehead atoms. The molecule has 2 aromatic rings. The second-order valence-electron chi connectivity index (χ2n) is 10.3. The van der Waals surface area contributed by atoms with Gasteiger partial charge in [0.15, 0.2) is 0 Å². The summed E-state index contributed by atoms with van der Waals surface area (Å²) < 4.78 is 13.3. The minimum absolute atomic E-state index is 0.0538. The Hall–Kier alpha value is -1.72. The van der Waals surface area contributed by atoms with Crippen molar-refractivity contribution in [2.24, 2.45) is 5.41 Å². The van der Waals surface area contributed by atoms with Crippen LogP contribution in [0.2, 0.25) is 5.04 Å². The zero-order chi connectivity index (χ0) is 22.7. The van der Waals surface area contributed by atoms with Gasteiger partial charge in [0.25, 0.3) is 8.32 Å². The third kappa shape index (κ3) is 4.73. The van der Waals surface area contributed by atoms with E-state index >= 15 is 0 Å². The van der Waals surface area contributed by atoms with Crippen molar-refractivity contribution in [3.63, 3.8) is 0 Å². The normalized spacial score (nSPS) is 24.0. The molecule has 0 radical (unpaired) electrons. The van der Waals surface area contributed by atoms with Crippen LogP contribution in [0.1, 0.15) is 47.5 Å². The average molecular weight is 439 g/mol. The molecule has 0 saturated carbocycles. The van der Waals surface area contributed by atoms with Crippen molar-refractivity contribution in [3.8, 4) is 0 Å². The van der Waals surface area contributed by atoms with Crippen LogP contribution in [-0.4, -0.2) is 38.3 Å². The van der Waals surface area contributed by atoms with Crippen LogP contribution in [0.3, 0.4) is 0 Å². The largest absolute Gasteiger partial charge is 0.407 e. The van der Waals surface area contributed by atoms with Crippen LogP contribution in [0.5, 0.6) is 0 Å². The van der Waals surface area contributed by atoms with Gasteiger partial charge in [0.2, 0.25) is 0 Å². The van der Waals surface area contributed by atoms with Crippen molar-refractivity contribution in [1.82, 2.24) is 0 Å². The molecule has 1 N–H and O–H groups in total. The van der Waals surface area contributed by atoms with Crippen LogP contribution in [0, 0.1) is 5.41 Å². The van der Waals surface area contributed by atoms with E-state index in [2.05, 4.69) is 102 Å². The number of rotatable bonds is 7. The van der Waals surface area contributed by atoms with Crippen molar-refractivity contribution in [2.75, 3.05) is 6.61 Å². The highest BCUT2D eigenvalue weighted by Gasteiger charge is 2.50. The van der Waals surface area contributed by atoms with E-state index in [0.717, 1.165) is 6.42 Å². The first kappa shape index (κ1) is 23.9. The summed E-state index contributed by atoms with van der Waals surface area (Å²) in [5, 5.41) is 13.2. The minimum Gasteiger partial charge on any atom is -0.407 e. The van der Waals surface area contributed by atoms with Gasteiger partial charge in [-0.05, 0) is 21.8 Å². The molecule has 0 unspecified atom stereocenters. The number of hydrogen-bond acceptors (Lipinski definition) is 3. The van der Waals surface area contributed by atoms with E-state index in [1.54, 1.807) is 6.08 Å². The average Bonchev–Trinajstić information content (AvgIpc) is 2.74. The lowest BCUT2D eigenvalue weighted by Gasteiger charge is -2.46. The lowest BCUT2D eigenvalue weighted by atomic mass is 9.75. The molecule has 1 aliphatic rings. The van der Waals surface area contributed by atoms with Crippen LogP contribution in [0.25, 0.3) is 0 Å². The third-order valence-electron chi connectivity index (χ3n) is 6.86. The highest BCUT2D eigenvalue weighted by atomic mass is 28.4. The number of benzene rings is 2. The van der Waals surface area contributed by atoms with Crippen LogP contribution >= 0.6 is 0 Å². The second kappa shape index (κ2) is 9.41. The van der Waals surface area contributed by atoms with Gasteiger partial charge in [-0.1, -0.05) is 101 Å². The van der Waals surface area contributed by atoms with Crippen LogP contribution in [0.15, 0.2) is 73.3 Å². The first-order chi connectivity index (χ1) is 14.6. The molecule has 0 spiro atoms. The Morgan fingerprint density at radius 2 is 1.58 bits per heavy atom. The van der Waals surface area contributed by atoms with Crippen LogP contribution in [-0.2, 0) is 9.16 Å². The van der Waals surface area contributed by atoms with E-state index in [9.17, 15) is 5.11 Å².